The van der Waals surface area contributed by atoms with Gasteiger partial charge in [-0.2, -0.15) is 9.99 Å². The van der Waals surface area contributed by atoms with Crippen LogP contribution >= 0.6 is 11.8 Å². The zero-order chi connectivity index (χ0) is 17.5. The number of carbonyl (C=O) groups excluding carboxylic acids is 2. The van der Waals surface area contributed by atoms with Crippen LogP contribution in [0.5, 0.6) is 0 Å². The average molecular weight is 343 g/mol. The largest absolute Gasteiger partial charge is 0.619 e. The molecule has 1 N–H and O–H groups in total. The number of carbonyl (C=O) groups is 2. The Hall–Kier alpha value is -3.05. The van der Waals surface area contributed by atoms with Crippen molar-refractivity contribution in [2.75, 3.05) is 11.9 Å². The van der Waals surface area contributed by atoms with Crippen molar-refractivity contribution in [3.63, 3.8) is 0 Å². The lowest BCUT2D eigenvalue weighted by Crippen LogP contribution is -2.25. The highest BCUT2D eigenvalue weighted by Gasteiger charge is 2.12. The first-order valence-electron chi connectivity index (χ1n) is 6.82. The number of hydrogen-bond acceptors (Lipinski definition) is 6. The van der Waals surface area contributed by atoms with Gasteiger partial charge < -0.3 is 15.3 Å². The predicted octanol–water partition coefficient (Wildman–Crippen LogP) is 2.00. The summed E-state index contributed by atoms with van der Waals surface area (Å²) in [5.74, 6) is -1.18. The average Bonchev–Trinajstić information content (AvgIpc) is 2.56. The summed E-state index contributed by atoms with van der Waals surface area (Å²) in [6.45, 7) is 1.35. The van der Waals surface area contributed by atoms with Crippen LogP contribution in [0.15, 0.2) is 47.6 Å². The minimum Gasteiger partial charge on any atom is -0.619 e. The van der Waals surface area contributed by atoms with Crippen molar-refractivity contribution in [2.45, 2.75) is 11.8 Å². The fourth-order valence-electron chi connectivity index (χ4n) is 1.84. The van der Waals surface area contributed by atoms with Gasteiger partial charge in [-0.3, -0.25) is 4.79 Å². The molecule has 0 saturated carbocycles. The monoisotopic (exact) mass is 343 g/mol. The van der Waals surface area contributed by atoms with Gasteiger partial charge in [0.05, 0.1) is 5.56 Å². The molecule has 0 fully saturated rings. The highest BCUT2D eigenvalue weighted by molar-refractivity contribution is 8.03. The molecule has 2 aromatic rings. The number of nitrogens with one attached hydrogen (secondary N) is 1. The van der Waals surface area contributed by atoms with Gasteiger partial charge in [0.15, 0.2) is 19.0 Å². The number of thiocyanates is 1. The Morgan fingerprint density at radius 2 is 2.04 bits per heavy atom. The number of ether oxygens (including phenoxy) is 1. The lowest BCUT2D eigenvalue weighted by molar-refractivity contribution is -0.605. The number of esters is 1. The van der Waals surface area contributed by atoms with Gasteiger partial charge in [0.25, 0.3) is 5.91 Å². The van der Waals surface area contributed by atoms with Crippen LogP contribution < -0.4 is 10.0 Å². The van der Waals surface area contributed by atoms with Crippen molar-refractivity contribution in [3.8, 4) is 5.40 Å². The summed E-state index contributed by atoms with van der Waals surface area (Å²) < 4.78 is 5.44. The van der Waals surface area contributed by atoms with E-state index < -0.39 is 18.5 Å². The van der Waals surface area contributed by atoms with Gasteiger partial charge in [-0.25, -0.2) is 4.79 Å². The fourth-order valence-corrected chi connectivity index (χ4v) is 2.32. The van der Waals surface area contributed by atoms with E-state index in [-0.39, 0.29) is 5.56 Å². The van der Waals surface area contributed by atoms with Crippen LogP contribution in [0.25, 0.3) is 0 Å². The quantitative estimate of drug-likeness (QED) is 0.293. The van der Waals surface area contributed by atoms with Gasteiger partial charge in [-0.15, -0.1) is 0 Å². The van der Waals surface area contributed by atoms with Crippen molar-refractivity contribution in [1.29, 1.82) is 5.26 Å². The third-order valence-corrected chi connectivity index (χ3v) is 3.59. The van der Waals surface area contributed by atoms with Crippen LogP contribution in [0.3, 0.4) is 0 Å². The number of pyridine rings is 1. The molecule has 24 heavy (non-hydrogen) atoms. The van der Waals surface area contributed by atoms with E-state index in [2.05, 4.69) is 5.32 Å². The molecule has 122 valence electrons. The Kier molecular flexibility index (Phi) is 5.76. The molecule has 8 heteroatoms. The van der Waals surface area contributed by atoms with Crippen molar-refractivity contribution in [3.05, 3.63) is 59.1 Å². The minimum absolute atomic E-state index is 0.184. The molecule has 0 unspecified atom stereocenters. The number of amides is 1. The molecule has 1 aromatic heterocycles. The van der Waals surface area contributed by atoms with Gasteiger partial charge >= 0.3 is 5.97 Å². The fraction of sp³-hybridized carbons (Fsp3) is 0.125. The SMILES string of the molecule is Cc1cc(SC#N)ccc1NC(=O)COC(=O)c1cc[n+]([O-])cc1. The number of anilines is 1. The molecule has 0 aliphatic heterocycles. The summed E-state index contributed by atoms with van der Waals surface area (Å²) >= 11 is 1.03. The number of nitriles is 1. The molecule has 0 radical (unpaired) electrons. The summed E-state index contributed by atoms with van der Waals surface area (Å²) in [5, 5.41) is 24.1. The second-order valence-corrected chi connectivity index (χ2v) is 5.60. The number of thioether (sulfide) groups is 1. The second kappa shape index (κ2) is 7.99. The number of rotatable bonds is 5. The molecular formula is C16H13N3O4S. The van der Waals surface area contributed by atoms with E-state index in [1.54, 1.807) is 25.1 Å². The summed E-state index contributed by atoms with van der Waals surface area (Å²) in [6.07, 6.45) is 2.33. The Labute approximate surface area is 142 Å². The molecule has 0 saturated heterocycles. The van der Waals surface area contributed by atoms with Crippen molar-refractivity contribution in [2.24, 2.45) is 0 Å². The Bertz CT molecular complexity index is 800. The Morgan fingerprint density at radius 3 is 2.67 bits per heavy atom. The van der Waals surface area contributed by atoms with Gasteiger partial charge in [-0.05, 0) is 42.4 Å². The molecule has 0 aliphatic carbocycles. The maximum atomic E-state index is 11.9. The first kappa shape index (κ1) is 17.3. The lowest BCUT2D eigenvalue weighted by Gasteiger charge is -2.09. The first-order valence-corrected chi connectivity index (χ1v) is 7.63. The summed E-state index contributed by atoms with van der Waals surface area (Å²) in [5.41, 5.74) is 1.55. The van der Waals surface area contributed by atoms with Crippen molar-refractivity contribution < 1.29 is 19.1 Å². The molecule has 0 aliphatic rings. The number of aryl methyl sites for hydroxylation is 1. The molecule has 2 rings (SSSR count). The van der Waals surface area contributed by atoms with E-state index >= 15 is 0 Å². The molecule has 1 aromatic carbocycles. The van der Waals surface area contributed by atoms with Gasteiger partial charge in [0.1, 0.15) is 5.40 Å². The van der Waals surface area contributed by atoms with Gasteiger partial charge in [-0.1, -0.05) is 0 Å². The topological polar surface area (TPSA) is 106 Å². The highest BCUT2D eigenvalue weighted by atomic mass is 32.2. The smallest absolute Gasteiger partial charge is 0.339 e. The summed E-state index contributed by atoms with van der Waals surface area (Å²) in [6, 6.07) is 7.78. The number of hydrogen-bond donors (Lipinski definition) is 1. The van der Waals surface area contributed by atoms with E-state index in [0.717, 1.165) is 22.2 Å². The molecule has 1 heterocycles. The van der Waals surface area contributed by atoms with Crippen molar-refractivity contribution in [1.82, 2.24) is 0 Å². The van der Waals surface area contributed by atoms with E-state index in [9.17, 15) is 14.8 Å². The maximum Gasteiger partial charge on any atom is 0.339 e. The van der Waals surface area contributed by atoms with E-state index in [0.29, 0.717) is 10.4 Å². The number of aromatic nitrogens is 1. The van der Waals surface area contributed by atoms with Gasteiger partial charge in [0.2, 0.25) is 0 Å². The second-order valence-electron chi connectivity index (χ2n) is 4.74. The molecular weight excluding hydrogens is 330 g/mol. The molecule has 0 atom stereocenters. The molecule has 0 bridgehead atoms. The summed E-state index contributed by atoms with van der Waals surface area (Å²) in [4.78, 5) is 24.4. The minimum atomic E-state index is -0.691. The summed E-state index contributed by atoms with van der Waals surface area (Å²) in [7, 11) is 0. The number of nitrogens with zero attached hydrogens (tertiary/aromatic N) is 2. The van der Waals surface area contributed by atoms with E-state index in [4.69, 9.17) is 10.00 Å². The van der Waals surface area contributed by atoms with Crippen LogP contribution in [-0.4, -0.2) is 18.5 Å². The third-order valence-electron chi connectivity index (χ3n) is 3.01. The lowest BCUT2D eigenvalue weighted by atomic mass is 10.2. The Balaban J connectivity index is 1.90. The molecule has 7 nitrogen and oxygen atoms in total. The maximum absolute atomic E-state index is 11.9. The third kappa shape index (κ3) is 4.72. The molecule has 1 amide bonds. The normalized spacial score (nSPS) is 9.83. The molecule has 0 spiro atoms. The zero-order valence-corrected chi connectivity index (χ0v) is 13.5. The van der Waals surface area contributed by atoms with Crippen LogP contribution in [-0.2, 0) is 9.53 Å². The standard InChI is InChI=1S/C16H13N3O4S/c1-11-8-13(24-10-17)2-3-14(11)18-15(20)9-23-16(21)12-4-6-19(22)7-5-12/h2-8H,9H2,1H3,(H,18,20). The zero-order valence-electron chi connectivity index (χ0n) is 12.7. The van der Waals surface area contributed by atoms with Crippen LogP contribution in [0, 0.1) is 22.8 Å². The van der Waals surface area contributed by atoms with Gasteiger partial charge in [0, 0.05) is 22.7 Å². The van der Waals surface area contributed by atoms with Crippen LogP contribution in [0.1, 0.15) is 15.9 Å². The van der Waals surface area contributed by atoms with E-state index in [1.807, 2.05) is 5.40 Å². The van der Waals surface area contributed by atoms with E-state index in [1.165, 1.54) is 24.5 Å². The van der Waals surface area contributed by atoms with Crippen LogP contribution in [0.4, 0.5) is 5.69 Å². The Morgan fingerprint density at radius 1 is 1.33 bits per heavy atom. The number of benzene rings is 1. The first-order chi connectivity index (χ1) is 11.5. The van der Waals surface area contributed by atoms with Crippen molar-refractivity contribution >= 4 is 29.3 Å². The predicted molar refractivity (Wildman–Crippen MR) is 87.0 cm³/mol. The highest BCUT2D eigenvalue weighted by Crippen LogP contribution is 2.23. The van der Waals surface area contributed by atoms with Crippen LogP contribution in [0.2, 0.25) is 0 Å².